The van der Waals surface area contributed by atoms with Gasteiger partial charge in [0, 0.05) is 6.20 Å². The predicted octanol–water partition coefficient (Wildman–Crippen LogP) is -1.60. The number of aromatic nitrogens is 2. The highest BCUT2D eigenvalue weighted by Crippen LogP contribution is 2.30. The number of anilines is 1. The third kappa shape index (κ3) is 2.19. The van der Waals surface area contributed by atoms with Crippen molar-refractivity contribution in [2.24, 2.45) is 0 Å². The van der Waals surface area contributed by atoms with E-state index in [4.69, 9.17) is 22.0 Å². The molecule has 2 rings (SSSR count). The first-order chi connectivity index (χ1) is 8.99. The van der Waals surface area contributed by atoms with Gasteiger partial charge in [-0.25, -0.2) is 9.18 Å². The molecule has 0 saturated carbocycles. The average Bonchev–Trinajstić information content (AvgIpc) is 2.67. The number of aliphatic hydroxyl groups excluding tert-OH is 2. The van der Waals surface area contributed by atoms with Crippen LogP contribution in [0.4, 0.5) is 10.2 Å². The van der Waals surface area contributed by atoms with Gasteiger partial charge in [0.05, 0.1) is 12.2 Å². The van der Waals surface area contributed by atoms with Crippen LogP contribution in [0.3, 0.4) is 0 Å². The molecule has 4 N–H and O–H groups in total. The van der Waals surface area contributed by atoms with E-state index in [9.17, 15) is 14.3 Å². The minimum atomic E-state index is -1.88. The van der Waals surface area contributed by atoms with Crippen LogP contribution in [0.5, 0.6) is 0 Å². The summed E-state index contributed by atoms with van der Waals surface area (Å²) in [7, 11) is 0. The molecule has 2 unspecified atom stereocenters. The van der Waals surface area contributed by atoms with Crippen molar-refractivity contribution < 1.29 is 19.3 Å². The van der Waals surface area contributed by atoms with Gasteiger partial charge in [0.25, 0.3) is 0 Å². The molecule has 102 valence electrons. The Balaban J connectivity index is 2.44. The largest absolute Gasteiger partial charge is 0.394 e. The fourth-order valence-corrected chi connectivity index (χ4v) is 1.85. The van der Waals surface area contributed by atoms with Crippen molar-refractivity contribution >= 4 is 5.82 Å². The van der Waals surface area contributed by atoms with Crippen LogP contribution in [-0.4, -0.2) is 44.8 Å². The van der Waals surface area contributed by atoms with Crippen molar-refractivity contribution in [3.63, 3.8) is 0 Å². The van der Waals surface area contributed by atoms with Crippen LogP contribution < -0.4 is 11.4 Å². The van der Waals surface area contributed by atoms with Gasteiger partial charge >= 0.3 is 5.69 Å². The van der Waals surface area contributed by atoms with Crippen molar-refractivity contribution in [2.75, 3.05) is 12.3 Å². The average molecular weight is 269 g/mol. The summed E-state index contributed by atoms with van der Waals surface area (Å²) < 4.78 is 19.8. The molecular formula is C11H12FN3O4. The van der Waals surface area contributed by atoms with Gasteiger partial charge < -0.3 is 20.7 Å². The van der Waals surface area contributed by atoms with Gasteiger partial charge in [-0.1, -0.05) is 5.92 Å². The van der Waals surface area contributed by atoms with E-state index in [1.165, 1.54) is 0 Å². The SMILES string of the molecule is C#Cc1cn([C@@H]2O[C@H](CO)C(O)C2F)c(=O)nc1N. The van der Waals surface area contributed by atoms with Gasteiger partial charge in [-0.2, -0.15) is 4.98 Å². The summed E-state index contributed by atoms with van der Waals surface area (Å²) in [5, 5.41) is 18.4. The second-order valence-corrected chi connectivity index (χ2v) is 4.06. The summed E-state index contributed by atoms with van der Waals surface area (Å²) >= 11 is 0. The van der Waals surface area contributed by atoms with Crippen molar-refractivity contribution in [3.8, 4) is 12.3 Å². The van der Waals surface area contributed by atoms with Gasteiger partial charge in [0.15, 0.2) is 12.4 Å². The third-order valence-electron chi connectivity index (χ3n) is 2.88. The normalized spacial score (nSPS) is 30.2. The van der Waals surface area contributed by atoms with Gasteiger partial charge in [-0.05, 0) is 0 Å². The van der Waals surface area contributed by atoms with E-state index in [-0.39, 0.29) is 11.4 Å². The zero-order valence-corrected chi connectivity index (χ0v) is 9.73. The van der Waals surface area contributed by atoms with Gasteiger partial charge in [-0.3, -0.25) is 4.57 Å². The molecule has 1 aromatic heterocycles. The van der Waals surface area contributed by atoms with Crippen LogP contribution in [0, 0.1) is 12.3 Å². The molecule has 0 radical (unpaired) electrons. The monoisotopic (exact) mass is 269 g/mol. The molecule has 1 fully saturated rings. The number of alkyl halides is 1. The van der Waals surface area contributed by atoms with Crippen molar-refractivity contribution in [1.82, 2.24) is 9.55 Å². The highest BCUT2D eigenvalue weighted by Gasteiger charge is 2.45. The zero-order valence-electron chi connectivity index (χ0n) is 9.73. The maximum Gasteiger partial charge on any atom is 0.351 e. The minimum absolute atomic E-state index is 0.109. The number of hydrogen-bond acceptors (Lipinski definition) is 6. The molecule has 1 aliphatic rings. The molecule has 19 heavy (non-hydrogen) atoms. The highest BCUT2D eigenvalue weighted by molar-refractivity contribution is 5.47. The maximum absolute atomic E-state index is 13.9. The number of nitrogen functional groups attached to an aromatic ring is 1. The second kappa shape index (κ2) is 4.97. The molecular weight excluding hydrogens is 257 g/mol. The molecule has 1 aromatic rings. The number of aliphatic hydroxyl groups is 2. The van der Waals surface area contributed by atoms with Crippen LogP contribution in [0.15, 0.2) is 11.0 Å². The molecule has 0 spiro atoms. The van der Waals surface area contributed by atoms with Crippen LogP contribution in [0.25, 0.3) is 0 Å². The van der Waals surface area contributed by atoms with E-state index in [1.54, 1.807) is 0 Å². The lowest BCUT2D eigenvalue weighted by molar-refractivity contribution is -0.0491. The van der Waals surface area contributed by atoms with Gasteiger partial charge in [0.1, 0.15) is 18.0 Å². The first-order valence-electron chi connectivity index (χ1n) is 5.43. The number of hydrogen-bond donors (Lipinski definition) is 3. The van der Waals surface area contributed by atoms with E-state index in [0.29, 0.717) is 0 Å². The Kier molecular flexibility index (Phi) is 3.53. The molecule has 1 aliphatic heterocycles. The number of nitrogens with two attached hydrogens (primary N) is 1. The van der Waals surface area contributed by atoms with E-state index >= 15 is 0 Å². The summed E-state index contributed by atoms with van der Waals surface area (Å²) in [5.74, 6) is 2.06. The van der Waals surface area contributed by atoms with Crippen LogP contribution >= 0.6 is 0 Å². The quantitative estimate of drug-likeness (QED) is 0.557. The van der Waals surface area contributed by atoms with Crippen molar-refractivity contribution in [1.29, 1.82) is 0 Å². The van der Waals surface area contributed by atoms with Crippen LogP contribution in [0.1, 0.15) is 11.8 Å². The zero-order chi connectivity index (χ0) is 14.2. The highest BCUT2D eigenvalue weighted by atomic mass is 19.1. The van der Waals surface area contributed by atoms with Crippen molar-refractivity contribution in [3.05, 3.63) is 22.2 Å². The van der Waals surface area contributed by atoms with Crippen molar-refractivity contribution in [2.45, 2.75) is 24.6 Å². The van der Waals surface area contributed by atoms with E-state index in [0.717, 1.165) is 10.8 Å². The lowest BCUT2D eigenvalue weighted by atomic mass is 10.1. The minimum Gasteiger partial charge on any atom is -0.394 e. The lowest BCUT2D eigenvalue weighted by Crippen LogP contribution is -2.34. The summed E-state index contributed by atoms with van der Waals surface area (Å²) in [4.78, 5) is 15.1. The Morgan fingerprint density at radius 2 is 2.37 bits per heavy atom. The summed E-state index contributed by atoms with van der Waals surface area (Å²) in [6.45, 7) is -0.572. The third-order valence-corrected chi connectivity index (χ3v) is 2.88. The standard InChI is InChI=1S/C11H12FN3O4/c1-2-5-3-15(11(18)14-9(5)13)10-7(12)8(17)6(4-16)19-10/h1,3,6-8,10,16-17H,4H2,(H2,13,14,18)/t6-,7?,8?,10-/m1/s1. The van der Waals surface area contributed by atoms with Crippen LogP contribution in [-0.2, 0) is 4.74 Å². The molecule has 0 aliphatic carbocycles. The summed E-state index contributed by atoms with van der Waals surface area (Å²) in [5.41, 5.74) is 4.68. The molecule has 1 saturated heterocycles. The Morgan fingerprint density at radius 3 is 2.89 bits per heavy atom. The summed E-state index contributed by atoms with van der Waals surface area (Å²) in [6, 6.07) is 0. The first-order valence-corrected chi connectivity index (χ1v) is 5.43. The number of ether oxygens (including phenoxy) is 1. The fraction of sp³-hybridized carbons (Fsp3) is 0.455. The topological polar surface area (TPSA) is 111 Å². The van der Waals surface area contributed by atoms with Crippen LogP contribution in [0.2, 0.25) is 0 Å². The Hall–Kier alpha value is -1.95. The van der Waals surface area contributed by atoms with E-state index in [2.05, 4.69) is 10.9 Å². The lowest BCUT2D eigenvalue weighted by Gasteiger charge is -2.16. The van der Waals surface area contributed by atoms with E-state index in [1.807, 2.05) is 0 Å². The molecule has 0 bridgehead atoms. The second-order valence-electron chi connectivity index (χ2n) is 4.06. The molecule has 8 heteroatoms. The molecule has 4 atom stereocenters. The molecule has 2 heterocycles. The Labute approximate surface area is 107 Å². The number of terminal acetylenes is 1. The van der Waals surface area contributed by atoms with E-state index < -0.39 is 36.9 Å². The molecule has 0 aromatic carbocycles. The molecule has 0 amide bonds. The van der Waals surface area contributed by atoms with Gasteiger partial charge in [0.2, 0.25) is 0 Å². The Morgan fingerprint density at radius 1 is 1.68 bits per heavy atom. The number of rotatable bonds is 2. The smallest absolute Gasteiger partial charge is 0.351 e. The molecule has 7 nitrogen and oxygen atoms in total. The summed E-state index contributed by atoms with van der Waals surface area (Å²) in [6.07, 6.45) is 0.376. The number of halogens is 1. The van der Waals surface area contributed by atoms with Gasteiger partial charge in [-0.15, -0.1) is 6.42 Å². The number of nitrogens with zero attached hydrogens (tertiary/aromatic N) is 2. The predicted molar refractivity (Wildman–Crippen MR) is 62.7 cm³/mol. The fourth-order valence-electron chi connectivity index (χ4n) is 1.85. The first kappa shape index (κ1) is 13.5. The Bertz CT molecular complexity index is 582. The maximum atomic E-state index is 13.9.